The van der Waals surface area contributed by atoms with Crippen LogP contribution >= 0.6 is 0 Å². The molecule has 0 saturated heterocycles. The molecule has 0 saturated carbocycles. The fourth-order valence-corrected chi connectivity index (χ4v) is 1.30. The number of carbonyl (C=O) groups is 4. The normalized spacial score (nSPS) is 15.2. The van der Waals surface area contributed by atoms with E-state index in [-0.39, 0.29) is 0 Å². The number of carboxylic acid groups (broad SMARTS) is 2. The van der Waals surface area contributed by atoms with Crippen LogP contribution in [0.25, 0.3) is 0 Å². The van der Waals surface area contributed by atoms with Gasteiger partial charge in [0.2, 0.25) is 0 Å². The van der Waals surface area contributed by atoms with Gasteiger partial charge in [0.25, 0.3) is 0 Å². The van der Waals surface area contributed by atoms with Gasteiger partial charge in [0.15, 0.2) is 0 Å². The van der Waals surface area contributed by atoms with Crippen LogP contribution in [0, 0.1) is 0 Å². The SMILES string of the molecule is NC(C[C@@](N)(CCC(=O)O)C(=O)OOC(=O)C(F)(F)F)C(=O)O. The Hall–Kier alpha value is -2.41. The monoisotopic (exact) mass is 346 g/mol. The summed E-state index contributed by atoms with van der Waals surface area (Å²) < 4.78 is 35.7. The average molecular weight is 346 g/mol. The van der Waals surface area contributed by atoms with Crippen LogP contribution in [-0.2, 0) is 29.0 Å². The smallest absolute Gasteiger partial charge is 0.481 e. The van der Waals surface area contributed by atoms with Crippen LogP contribution < -0.4 is 11.5 Å². The molecule has 1 unspecified atom stereocenters. The van der Waals surface area contributed by atoms with Gasteiger partial charge >= 0.3 is 30.1 Å². The highest BCUT2D eigenvalue weighted by Gasteiger charge is 2.45. The second-order valence-corrected chi connectivity index (χ2v) is 4.44. The Morgan fingerprint density at radius 3 is 1.91 bits per heavy atom. The number of carbonyl (C=O) groups excluding carboxylic acids is 2. The van der Waals surface area contributed by atoms with Gasteiger partial charge in [-0.2, -0.15) is 13.2 Å². The van der Waals surface area contributed by atoms with E-state index in [4.69, 9.17) is 21.7 Å². The molecule has 0 spiro atoms. The van der Waals surface area contributed by atoms with Gasteiger partial charge in [0.1, 0.15) is 11.6 Å². The summed E-state index contributed by atoms with van der Waals surface area (Å²) in [5, 5.41) is 17.2. The molecule has 0 aliphatic rings. The summed E-state index contributed by atoms with van der Waals surface area (Å²) in [5.74, 6) is -7.65. The minimum Gasteiger partial charge on any atom is -0.481 e. The van der Waals surface area contributed by atoms with E-state index in [0.717, 1.165) is 0 Å². The number of nitrogens with two attached hydrogens (primary N) is 2. The molecule has 0 radical (unpaired) electrons. The number of hydrogen-bond donors (Lipinski definition) is 4. The van der Waals surface area contributed by atoms with Gasteiger partial charge < -0.3 is 21.7 Å². The van der Waals surface area contributed by atoms with Crippen LogP contribution in [0.5, 0.6) is 0 Å². The van der Waals surface area contributed by atoms with Crippen molar-refractivity contribution in [3.8, 4) is 0 Å². The molecule has 23 heavy (non-hydrogen) atoms. The third-order valence-corrected chi connectivity index (χ3v) is 2.52. The van der Waals surface area contributed by atoms with E-state index in [2.05, 4.69) is 9.78 Å². The minimum atomic E-state index is -5.45. The molecule has 0 bridgehead atoms. The first-order valence-electron chi connectivity index (χ1n) is 5.79. The van der Waals surface area contributed by atoms with E-state index in [9.17, 15) is 32.3 Å². The molecule has 0 aliphatic heterocycles. The molecule has 10 nitrogen and oxygen atoms in total. The number of halogens is 3. The lowest BCUT2D eigenvalue weighted by molar-refractivity contribution is -0.288. The third-order valence-electron chi connectivity index (χ3n) is 2.52. The topological polar surface area (TPSA) is 179 Å². The summed E-state index contributed by atoms with van der Waals surface area (Å²) in [5.41, 5.74) is 8.23. The quantitative estimate of drug-likeness (QED) is 0.327. The van der Waals surface area contributed by atoms with E-state index in [1.807, 2.05) is 0 Å². The standard InChI is InChI=1S/C10H13F3N2O8/c11-10(12,13)8(21)23-22-7(20)9(15,2-1-5(16)17)3-4(14)6(18)19/h4H,1-3,14-15H2,(H,16,17)(H,18,19)/t4?,9-/m0/s1. The Bertz CT molecular complexity index is 495. The van der Waals surface area contributed by atoms with Gasteiger partial charge in [-0.15, -0.1) is 0 Å². The van der Waals surface area contributed by atoms with E-state index in [1.54, 1.807) is 0 Å². The lowest BCUT2D eigenvalue weighted by Gasteiger charge is -2.26. The van der Waals surface area contributed by atoms with Crippen molar-refractivity contribution in [1.29, 1.82) is 0 Å². The van der Waals surface area contributed by atoms with Crippen LogP contribution in [0.4, 0.5) is 13.2 Å². The molecule has 0 aliphatic carbocycles. The van der Waals surface area contributed by atoms with Gasteiger partial charge in [0, 0.05) is 12.8 Å². The molecule has 0 aromatic rings. The van der Waals surface area contributed by atoms with Gasteiger partial charge in [-0.25, -0.2) is 19.4 Å². The average Bonchev–Trinajstić information content (AvgIpc) is 2.40. The van der Waals surface area contributed by atoms with Crippen LogP contribution in [0.2, 0.25) is 0 Å². The molecule has 2 atom stereocenters. The zero-order valence-corrected chi connectivity index (χ0v) is 11.3. The lowest BCUT2D eigenvalue weighted by atomic mass is 9.87. The highest BCUT2D eigenvalue weighted by atomic mass is 19.4. The number of alkyl halides is 3. The third kappa shape index (κ3) is 6.92. The van der Waals surface area contributed by atoms with Gasteiger partial charge in [-0.1, -0.05) is 0 Å². The summed E-state index contributed by atoms with van der Waals surface area (Å²) in [6.45, 7) is 0. The zero-order chi connectivity index (χ0) is 18.4. The molecule has 13 heteroatoms. The van der Waals surface area contributed by atoms with Crippen molar-refractivity contribution in [2.75, 3.05) is 0 Å². The molecule has 0 rings (SSSR count). The highest BCUT2D eigenvalue weighted by Crippen LogP contribution is 2.21. The minimum absolute atomic E-state index is 0.717. The maximum absolute atomic E-state index is 11.9. The van der Waals surface area contributed by atoms with Gasteiger partial charge in [-0.05, 0) is 6.42 Å². The van der Waals surface area contributed by atoms with Crippen molar-refractivity contribution in [3.63, 3.8) is 0 Å². The van der Waals surface area contributed by atoms with Crippen LogP contribution in [0.15, 0.2) is 0 Å². The van der Waals surface area contributed by atoms with Crippen molar-refractivity contribution < 1.29 is 52.3 Å². The largest absolute Gasteiger partial charge is 0.495 e. The van der Waals surface area contributed by atoms with Crippen LogP contribution in [0.3, 0.4) is 0 Å². The lowest BCUT2D eigenvalue weighted by Crippen LogP contribution is -2.54. The molecule has 0 fully saturated rings. The van der Waals surface area contributed by atoms with Crippen LogP contribution in [-0.4, -0.2) is 51.8 Å². The van der Waals surface area contributed by atoms with Crippen molar-refractivity contribution in [2.24, 2.45) is 11.5 Å². The van der Waals surface area contributed by atoms with Crippen molar-refractivity contribution >= 4 is 23.9 Å². The first-order valence-corrected chi connectivity index (χ1v) is 5.79. The Balaban J connectivity index is 5.03. The predicted molar refractivity (Wildman–Crippen MR) is 62.3 cm³/mol. The maximum Gasteiger partial charge on any atom is 0.495 e. The highest BCUT2D eigenvalue weighted by molar-refractivity contribution is 5.84. The number of aliphatic carboxylic acids is 2. The summed E-state index contributed by atoms with van der Waals surface area (Å²) in [4.78, 5) is 50.1. The van der Waals surface area contributed by atoms with Gasteiger partial charge in [-0.3, -0.25) is 9.59 Å². The Labute approximate surface area is 126 Å². The van der Waals surface area contributed by atoms with Gasteiger partial charge in [0.05, 0.1) is 0 Å². The summed E-state index contributed by atoms with van der Waals surface area (Å²) in [7, 11) is 0. The molecular formula is C10H13F3N2O8. The first kappa shape index (κ1) is 20.6. The molecule has 0 aromatic carbocycles. The van der Waals surface area contributed by atoms with Crippen molar-refractivity contribution in [3.05, 3.63) is 0 Å². The van der Waals surface area contributed by atoms with E-state index in [1.165, 1.54) is 0 Å². The predicted octanol–water partition coefficient (Wildman–Crippen LogP) is -1.09. The Morgan fingerprint density at radius 1 is 1.04 bits per heavy atom. The maximum atomic E-state index is 11.9. The molecule has 6 N–H and O–H groups in total. The summed E-state index contributed by atoms with van der Waals surface area (Å²) in [6, 6.07) is -1.74. The number of carboxylic acids is 2. The summed E-state index contributed by atoms with van der Waals surface area (Å²) >= 11 is 0. The first-order chi connectivity index (χ1) is 10.3. The fourth-order valence-electron chi connectivity index (χ4n) is 1.30. The second kappa shape index (κ2) is 7.73. The number of hydrogen-bond acceptors (Lipinski definition) is 8. The zero-order valence-electron chi connectivity index (χ0n) is 11.3. The van der Waals surface area contributed by atoms with E-state index in [0.29, 0.717) is 0 Å². The molecule has 0 aromatic heterocycles. The fraction of sp³-hybridized carbons (Fsp3) is 0.600. The van der Waals surface area contributed by atoms with E-state index >= 15 is 0 Å². The molecule has 132 valence electrons. The Morgan fingerprint density at radius 2 is 1.52 bits per heavy atom. The van der Waals surface area contributed by atoms with E-state index < -0.39 is 60.9 Å². The molecule has 0 heterocycles. The Kier molecular flexibility index (Phi) is 6.92. The van der Waals surface area contributed by atoms with Crippen molar-refractivity contribution in [1.82, 2.24) is 0 Å². The number of rotatable bonds is 7. The molecular weight excluding hydrogens is 333 g/mol. The summed E-state index contributed by atoms with van der Waals surface area (Å²) in [6.07, 6.45) is -7.77. The second-order valence-electron chi connectivity index (χ2n) is 4.44. The van der Waals surface area contributed by atoms with Crippen molar-refractivity contribution in [2.45, 2.75) is 37.0 Å². The van der Waals surface area contributed by atoms with Crippen LogP contribution in [0.1, 0.15) is 19.3 Å². The molecule has 0 amide bonds.